The topological polar surface area (TPSA) is 12.0 Å². The van der Waals surface area contributed by atoms with Gasteiger partial charge in [0.15, 0.2) is 0 Å². The Hall–Kier alpha value is -0.250. The van der Waals surface area contributed by atoms with Crippen molar-refractivity contribution in [3.63, 3.8) is 0 Å². The molecule has 3 atom stereocenters. The Balaban J connectivity index is 1.91. The molecule has 1 saturated heterocycles. The summed E-state index contributed by atoms with van der Waals surface area (Å²) in [4.78, 5) is 0. The van der Waals surface area contributed by atoms with Crippen LogP contribution in [0.15, 0.2) is 0 Å². The molecule has 0 aromatic heterocycles. The molecule has 100 valence electrons. The van der Waals surface area contributed by atoms with Gasteiger partial charge in [-0.25, -0.2) is 0 Å². The summed E-state index contributed by atoms with van der Waals surface area (Å²) >= 11 is 0. The van der Waals surface area contributed by atoms with Crippen LogP contribution in [0.25, 0.3) is 0 Å². The van der Waals surface area contributed by atoms with Crippen LogP contribution in [0, 0.1) is 11.8 Å². The van der Waals surface area contributed by atoms with Crippen LogP contribution < -0.4 is 5.32 Å². The van der Waals surface area contributed by atoms with Gasteiger partial charge in [-0.3, -0.25) is 0 Å². The largest absolute Gasteiger partial charge is 0.403 e. The lowest BCUT2D eigenvalue weighted by atomic mass is 9.72. The zero-order valence-corrected chi connectivity index (χ0v) is 10.4. The van der Waals surface area contributed by atoms with E-state index in [-0.39, 0.29) is 12.5 Å². The fourth-order valence-corrected chi connectivity index (χ4v) is 3.60. The van der Waals surface area contributed by atoms with E-state index in [0.717, 1.165) is 6.42 Å². The molecule has 0 aromatic rings. The van der Waals surface area contributed by atoms with E-state index in [0.29, 0.717) is 11.8 Å². The summed E-state index contributed by atoms with van der Waals surface area (Å²) in [5, 5.41) is 2.78. The predicted octanol–water partition coefficient (Wildman–Crippen LogP) is 3.89. The summed E-state index contributed by atoms with van der Waals surface area (Å²) < 4.78 is 37.9. The lowest BCUT2D eigenvalue weighted by molar-refractivity contribution is -0.166. The van der Waals surface area contributed by atoms with Crippen LogP contribution in [0.5, 0.6) is 0 Å². The molecule has 0 amide bonds. The van der Waals surface area contributed by atoms with Gasteiger partial charge in [0.25, 0.3) is 0 Å². The molecule has 3 unspecified atom stereocenters. The first-order chi connectivity index (χ1) is 7.98. The molecule has 1 N–H and O–H groups in total. The minimum atomic E-state index is -4.08. The number of alkyl halides is 3. The van der Waals surface area contributed by atoms with Crippen LogP contribution in [0.2, 0.25) is 0 Å². The van der Waals surface area contributed by atoms with Gasteiger partial charge >= 0.3 is 6.18 Å². The van der Waals surface area contributed by atoms with E-state index in [1.807, 2.05) is 6.92 Å². The predicted molar refractivity (Wildman–Crippen MR) is 61.7 cm³/mol. The number of piperidine rings is 1. The molecule has 4 heteroatoms. The molecular formula is C13H22F3N. The summed E-state index contributed by atoms with van der Waals surface area (Å²) in [5.74, 6) is 1.11. The minimum Gasteiger partial charge on any atom is -0.303 e. The Morgan fingerprint density at radius 3 is 2.12 bits per heavy atom. The van der Waals surface area contributed by atoms with E-state index in [9.17, 15) is 13.2 Å². The first kappa shape index (κ1) is 13.2. The molecule has 0 aromatic carbocycles. The van der Waals surface area contributed by atoms with Crippen LogP contribution in [-0.4, -0.2) is 18.3 Å². The van der Waals surface area contributed by atoms with Crippen molar-refractivity contribution in [1.82, 2.24) is 5.32 Å². The van der Waals surface area contributed by atoms with Crippen molar-refractivity contribution < 1.29 is 13.2 Å². The fraction of sp³-hybridized carbons (Fsp3) is 1.00. The first-order valence-corrected chi connectivity index (χ1v) is 6.81. The Bertz CT molecular complexity index is 246. The van der Waals surface area contributed by atoms with E-state index >= 15 is 0 Å². The number of halogens is 3. The third-order valence-corrected chi connectivity index (χ3v) is 4.55. The van der Waals surface area contributed by atoms with Gasteiger partial charge in [0.2, 0.25) is 0 Å². The van der Waals surface area contributed by atoms with Gasteiger partial charge in [-0.1, -0.05) is 32.1 Å². The SMILES string of the molecule is CC1NC(C(F)(F)F)CCC1C1CCCCC1. The number of hydrogen-bond donors (Lipinski definition) is 1. The highest BCUT2D eigenvalue weighted by Crippen LogP contribution is 2.38. The zero-order valence-electron chi connectivity index (χ0n) is 10.4. The van der Waals surface area contributed by atoms with Crippen molar-refractivity contribution >= 4 is 0 Å². The molecule has 2 fully saturated rings. The maximum atomic E-state index is 12.6. The van der Waals surface area contributed by atoms with Crippen molar-refractivity contribution in [3.8, 4) is 0 Å². The Labute approximate surface area is 101 Å². The third kappa shape index (κ3) is 3.15. The van der Waals surface area contributed by atoms with Gasteiger partial charge < -0.3 is 5.32 Å². The van der Waals surface area contributed by atoms with Gasteiger partial charge in [0.05, 0.1) is 0 Å². The van der Waals surface area contributed by atoms with E-state index in [4.69, 9.17) is 0 Å². The Morgan fingerprint density at radius 1 is 0.941 bits per heavy atom. The summed E-state index contributed by atoms with van der Waals surface area (Å²) in [5.41, 5.74) is 0. The van der Waals surface area contributed by atoms with Crippen LogP contribution in [0.3, 0.4) is 0 Å². The average molecular weight is 249 g/mol. The maximum Gasteiger partial charge on any atom is 0.403 e. The standard InChI is InChI=1S/C13H22F3N/c1-9-11(10-5-3-2-4-6-10)7-8-12(17-9)13(14,15)16/h9-12,17H,2-8H2,1H3. The maximum absolute atomic E-state index is 12.6. The van der Waals surface area contributed by atoms with Crippen molar-refractivity contribution in [2.75, 3.05) is 0 Å². The average Bonchev–Trinajstić information content (AvgIpc) is 2.29. The second kappa shape index (κ2) is 5.17. The molecule has 2 rings (SSSR count). The molecule has 17 heavy (non-hydrogen) atoms. The van der Waals surface area contributed by atoms with Crippen molar-refractivity contribution in [1.29, 1.82) is 0 Å². The highest BCUT2D eigenvalue weighted by Gasteiger charge is 2.44. The normalized spacial score (nSPS) is 37.1. The molecular weight excluding hydrogens is 227 g/mol. The van der Waals surface area contributed by atoms with E-state index in [1.165, 1.54) is 32.1 Å². The number of hydrogen-bond acceptors (Lipinski definition) is 1. The van der Waals surface area contributed by atoms with Gasteiger partial charge in [-0.2, -0.15) is 13.2 Å². The third-order valence-electron chi connectivity index (χ3n) is 4.55. The zero-order chi connectivity index (χ0) is 12.5. The summed E-state index contributed by atoms with van der Waals surface area (Å²) in [6, 6.07) is -1.27. The van der Waals surface area contributed by atoms with Crippen LogP contribution >= 0.6 is 0 Å². The Kier molecular flexibility index (Phi) is 4.01. The molecule has 0 spiro atoms. The molecule has 1 nitrogen and oxygen atoms in total. The summed E-state index contributed by atoms with van der Waals surface area (Å²) in [7, 11) is 0. The van der Waals surface area contributed by atoms with Gasteiger partial charge in [0, 0.05) is 6.04 Å². The Morgan fingerprint density at radius 2 is 1.59 bits per heavy atom. The minimum absolute atomic E-state index is 0.0125. The van der Waals surface area contributed by atoms with Gasteiger partial charge in [0.1, 0.15) is 6.04 Å². The van der Waals surface area contributed by atoms with E-state index < -0.39 is 12.2 Å². The number of nitrogens with one attached hydrogen (secondary N) is 1. The summed E-state index contributed by atoms with van der Waals surface area (Å²) in [6.45, 7) is 1.93. The lowest BCUT2D eigenvalue weighted by Gasteiger charge is -2.41. The second-order valence-electron chi connectivity index (χ2n) is 5.69. The monoisotopic (exact) mass is 249 g/mol. The number of rotatable bonds is 1. The van der Waals surface area contributed by atoms with Crippen molar-refractivity contribution in [2.24, 2.45) is 11.8 Å². The summed E-state index contributed by atoms with van der Waals surface area (Å²) in [6.07, 6.45) is 3.17. The molecule has 0 bridgehead atoms. The van der Waals surface area contributed by atoms with Gasteiger partial charge in [-0.05, 0) is 31.6 Å². The molecule has 2 aliphatic rings. The van der Waals surface area contributed by atoms with Crippen LogP contribution in [0.1, 0.15) is 51.9 Å². The molecule has 0 radical (unpaired) electrons. The quantitative estimate of drug-likeness (QED) is 0.743. The van der Waals surface area contributed by atoms with Gasteiger partial charge in [-0.15, -0.1) is 0 Å². The second-order valence-corrected chi connectivity index (χ2v) is 5.69. The smallest absolute Gasteiger partial charge is 0.303 e. The molecule has 1 aliphatic carbocycles. The van der Waals surface area contributed by atoms with Crippen molar-refractivity contribution in [2.45, 2.75) is 70.1 Å². The van der Waals surface area contributed by atoms with Crippen molar-refractivity contribution in [3.05, 3.63) is 0 Å². The highest BCUT2D eigenvalue weighted by atomic mass is 19.4. The van der Waals surface area contributed by atoms with E-state index in [1.54, 1.807) is 0 Å². The molecule has 1 saturated carbocycles. The van der Waals surface area contributed by atoms with Crippen LogP contribution in [-0.2, 0) is 0 Å². The molecule has 1 heterocycles. The van der Waals surface area contributed by atoms with Crippen LogP contribution in [0.4, 0.5) is 13.2 Å². The first-order valence-electron chi connectivity index (χ1n) is 6.81. The van der Waals surface area contributed by atoms with E-state index in [2.05, 4.69) is 5.32 Å². The highest BCUT2D eigenvalue weighted by molar-refractivity contribution is 4.91. The fourth-order valence-electron chi connectivity index (χ4n) is 3.60. The molecule has 1 aliphatic heterocycles. The lowest BCUT2D eigenvalue weighted by Crippen LogP contribution is -2.54.